The zero-order chi connectivity index (χ0) is 22.7. The highest BCUT2D eigenvalue weighted by molar-refractivity contribution is 5.92. The van der Waals surface area contributed by atoms with E-state index in [0.717, 1.165) is 69.2 Å². The molecule has 0 atom stereocenters. The van der Waals surface area contributed by atoms with Gasteiger partial charge < -0.3 is 25.0 Å². The van der Waals surface area contributed by atoms with Crippen LogP contribution < -0.4 is 21.1 Å². The van der Waals surface area contributed by atoms with Gasteiger partial charge in [-0.25, -0.2) is 9.97 Å². The maximum atomic E-state index is 12.8. The summed E-state index contributed by atoms with van der Waals surface area (Å²) in [6, 6.07) is 10.6. The zero-order valence-electron chi connectivity index (χ0n) is 19.3. The molecular weight excluding hydrogens is 402 g/mol. The second kappa shape index (κ2) is 9.67. The predicted octanol–water partition coefficient (Wildman–Crippen LogP) is 1.92. The van der Waals surface area contributed by atoms with Gasteiger partial charge in [-0.05, 0) is 45.1 Å². The number of fused-ring (bicyclic) bond motifs is 1. The molecule has 170 valence electrons. The summed E-state index contributed by atoms with van der Waals surface area (Å²) in [6.07, 6.45) is 3.86. The summed E-state index contributed by atoms with van der Waals surface area (Å²) in [5.41, 5.74) is 8.35. The molecule has 0 amide bonds. The van der Waals surface area contributed by atoms with Crippen molar-refractivity contribution in [1.82, 2.24) is 19.4 Å². The summed E-state index contributed by atoms with van der Waals surface area (Å²) >= 11 is 0. The number of nitrogens with two attached hydrogens (primary N) is 1. The van der Waals surface area contributed by atoms with Crippen molar-refractivity contribution >= 4 is 22.4 Å². The van der Waals surface area contributed by atoms with Crippen molar-refractivity contribution in [2.45, 2.75) is 12.8 Å². The minimum absolute atomic E-state index is 0.0358. The van der Waals surface area contributed by atoms with Crippen LogP contribution in [0.3, 0.4) is 0 Å². The average molecular weight is 436 g/mol. The van der Waals surface area contributed by atoms with Gasteiger partial charge in [0.05, 0.1) is 17.5 Å². The average Bonchev–Trinajstić information content (AvgIpc) is 3.38. The summed E-state index contributed by atoms with van der Waals surface area (Å²) in [5.74, 6) is 0.775. The van der Waals surface area contributed by atoms with Crippen molar-refractivity contribution in [1.29, 1.82) is 0 Å². The van der Waals surface area contributed by atoms with Gasteiger partial charge in [-0.2, -0.15) is 0 Å². The van der Waals surface area contributed by atoms with Crippen molar-refractivity contribution in [3.05, 3.63) is 47.0 Å². The molecule has 2 N–H and O–H groups in total. The molecule has 0 saturated carbocycles. The Bertz CT molecular complexity index is 1110. The fraction of sp³-hybridized carbons (Fsp3) is 0.458. The molecular formula is C24H33N7O. The number of nitrogens with zero attached hydrogens (tertiary/aromatic N) is 6. The van der Waals surface area contributed by atoms with Crippen LogP contribution in [0.5, 0.6) is 0 Å². The van der Waals surface area contributed by atoms with E-state index in [1.165, 1.54) is 17.3 Å². The van der Waals surface area contributed by atoms with Crippen molar-refractivity contribution in [3.63, 3.8) is 0 Å². The molecule has 2 fully saturated rings. The molecule has 3 aromatic rings. The Morgan fingerprint density at radius 2 is 1.53 bits per heavy atom. The Hall–Kier alpha value is -2.97. The summed E-state index contributed by atoms with van der Waals surface area (Å²) in [4.78, 5) is 29.4. The topological polar surface area (TPSA) is 83.5 Å². The first-order valence-corrected chi connectivity index (χ1v) is 11.3. The second-order valence-electron chi connectivity index (χ2n) is 8.42. The van der Waals surface area contributed by atoms with Gasteiger partial charge in [0, 0.05) is 57.6 Å². The van der Waals surface area contributed by atoms with Crippen LogP contribution in [0.1, 0.15) is 12.8 Å². The molecule has 2 aliphatic rings. The third-order valence-corrected chi connectivity index (χ3v) is 6.32. The Balaban J connectivity index is 0.00000119. The zero-order valence-corrected chi connectivity index (χ0v) is 19.3. The van der Waals surface area contributed by atoms with Gasteiger partial charge in [0.2, 0.25) is 0 Å². The molecule has 0 aliphatic carbocycles. The molecule has 0 unspecified atom stereocenters. The van der Waals surface area contributed by atoms with Gasteiger partial charge in [0.25, 0.3) is 5.56 Å². The van der Waals surface area contributed by atoms with E-state index in [2.05, 4.69) is 56.7 Å². The van der Waals surface area contributed by atoms with E-state index in [1.807, 2.05) is 6.07 Å². The van der Waals surface area contributed by atoms with Crippen LogP contribution in [-0.2, 0) is 7.05 Å². The molecule has 0 bridgehead atoms. The van der Waals surface area contributed by atoms with Crippen molar-refractivity contribution in [2.75, 3.05) is 63.2 Å². The number of aryl methyl sites for hydroxylation is 1. The molecule has 5 rings (SSSR count). The SMILES string of the molecule is CN.CN1CCN(c2ccc(-c3cc4ncn(C)c(=O)c4c(N4CCCC4)n3)cc2)CC1. The number of piperazine rings is 1. The standard InChI is InChI=1S/C23H28N6O.CH5N/c1-26-11-13-28(14-12-26)18-7-5-17(6-8-18)19-15-20-21(23(30)27(2)16-24-20)22(25-19)29-9-3-4-10-29;1-2/h5-8,15-16H,3-4,9-14H2,1-2H3;2H2,1H3. The first kappa shape index (κ1) is 22.2. The number of likely N-dealkylation sites (N-methyl/N-ethyl adjacent to an activating group) is 1. The smallest absolute Gasteiger partial charge is 0.264 e. The number of anilines is 2. The molecule has 0 radical (unpaired) electrons. The Labute approximate surface area is 189 Å². The van der Waals surface area contributed by atoms with Crippen LogP contribution in [0.15, 0.2) is 41.5 Å². The number of aromatic nitrogens is 3. The third kappa shape index (κ3) is 4.33. The largest absolute Gasteiger partial charge is 0.369 e. The monoisotopic (exact) mass is 435 g/mol. The molecule has 4 heterocycles. The Morgan fingerprint density at radius 1 is 0.875 bits per heavy atom. The van der Waals surface area contributed by atoms with Crippen LogP contribution in [0.4, 0.5) is 11.5 Å². The van der Waals surface area contributed by atoms with Crippen molar-refractivity contribution in [2.24, 2.45) is 12.8 Å². The van der Waals surface area contributed by atoms with E-state index >= 15 is 0 Å². The molecule has 2 aromatic heterocycles. The molecule has 32 heavy (non-hydrogen) atoms. The van der Waals surface area contributed by atoms with E-state index < -0.39 is 0 Å². The van der Waals surface area contributed by atoms with Gasteiger partial charge in [0.1, 0.15) is 11.2 Å². The van der Waals surface area contributed by atoms with Gasteiger partial charge in [-0.1, -0.05) is 12.1 Å². The highest BCUT2D eigenvalue weighted by Crippen LogP contribution is 2.30. The number of pyridine rings is 1. The van der Waals surface area contributed by atoms with Gasteiger partial charge in [-0.15, -0.1) is 0 Å². The van der Waals surface area contributed by atoms with Gasteiger partial charge in [-0.3, -0.25) is 4.79 Å². The van der Waals surface area contributed by atoms with Crippen LogP contribution in [0.25, 0.3) is 22.2 Å². The highest BCUT2D eigenvalue weighted by atomic mass is 16.1. The fourth-order valence-electron chi connectivity index (χ4n) is 4.42. The predicted molar refractivity (Wildman–Crippen MR) is 131 cm³/mol. The van der Waals surface area contributed by atoms with Crippen LogP contribution in [0, 0.1) is 0 Å². The molecule has 0 spiro atoms. The molecule has 2 aliphatic heterocycles. The van der Waals surface area contributed by atoms with Crippen LogP contribution in [-0.4, -0.2) is 72.8 Å². The first-order valence-electron chi connectivity index (χ1n) is 11.3. The maximum Gasteiger partial charge on any atom is 0.264 e. The third-order valence-electron chi connectivity index (χ3n) is 6.32. The summed E-state index contributed by atoms with van der Waals surface area (Å²) in [6.45, 7) is 6.16. The molecule has 8 nitrogen and oxygen atoms in total. The number of hydrogen-bond donors (Lipinski definition) is 1. The number of rotatable bonds is 3. The summed E-state index contributed by atoms with van der Waals surface area (Å²) in [7, 11) is 5.42. The molecule has 1 aromatic carbocycles. The van der Waals surface area contributed by atoms with Crippen LogP contribution in [0.2, 0.25) is 0 Å². The van der Waals surface area contributed by atoms with Crippen molar-refractivity contribution in [3.8, 4) is 11.3 Å². The normalized spacial score (nSPS) is 16.9. The van der Waals surface area contributed by atoms with Crippen LogP contribution >= 0.6 is 0 Å². The lowest BCUT2D eigenvalue weighted by Crippen LogP contribution is -2.44. The first-order chi connectivity index (χ1) is 15.6. The minimum atomic E-state index is -0.0358. The van der Waals surface area contributed by atoms with E-state index in [0.29, 0.717) is 10.9 Å². The lowest BCUT2D eigenvalue weighted by molar-refractivity contribution is 0.313. The molecule has 2 saturated heterocycles. The molecule has 8 heteroatoms. The number of benzene rings is 1. The summed E-state index contributed by atoms with van der Waals surface area (Å²) < 4.78 is 1.54. The van der Waals surface area contributed by atoms with E-state index in [4.69, 9.17) is 4.98 Å². The lowest BCUT2D eigenvalue weighted by Gasteiger charge is -2.34. The number of hydrogen-bond acceptors (Lipinski definition) is 7. The quantitative estimate of drug-likeness (QED) is 0.673. The van der Waals surface area contributed by atoms with Gasteiger partial charge >= 0.3 is 0 Å². The Kier molecular flexibility index (Phi) is 6.72. The lowest BCUT2D eigenvalue weighted by atomic mass is 10.1. The van der Waals surface area contributed by atoms with Crippen molar-refractivity contribution < 1.29 is 0 Å². The fourth-order valence-corrected chi connectivity index (χ4v) is 4.42. The van der Waals surface area contributed by atoms with E-state index in [-0.39, 0.29) is 5.56 Å². The highest BCUT2D eigenvalue weighted by Gasteiger charge is 2.21. The second-order valence-corrected chi connectivity index (χ2v) is 8.42. The maximum absolute atomic E-state index is 12.8. The van der Waals surface area contributed by atoms with E-state index in [9.17, 15) is 4.79 Å². The van der Waals surface area contributed by atoms with E-state index in [1.54, 1.807) is 13.4 Å². The van der Waals surface area contributed by atoms with Gasteiger partial charge in [0.15, 0.2) is 0 Å². The Morgan fingerprint density at radius 3 is 2.19 bits per heavy atom. The summed E-state index contributed by atoms with van der Waals surface area (Å²) in [5, 5.41) is 0.625. The minimum Gasteiger partial charge on any atom is -0.369 e.